The van der Waals surface area contributed by atoms with Crippen molar-refractivity contribution in [1.82, 2.24) is 14.9 Å². The van der Waals surface area contributed by atoms with Gasteiger partial charge in [0.1, 0.15) is 12.1 Å². The highest BCUT2D eigenvalue weighted by atomic mass is 79.9. The third-order valence-electron chi connectivity index (χ3n) is 4.06. The lowest BCUT2D eigenvalue weighted by molar-refractivity contribution is 0.345. The van der Waals surface area contributed by atoms with Gasteiger partial charge in [-0.25, -0.2) is 9.97 Å². The van der Waals surface area contributed by atoms with Gasteiger partial charge in [0.05, 0.1) is 5.52 Å². The van der Waals surface area contributed by atoms with Gasteiger partial charge in [-0.3, -0.25) is 0 Å². The zero-order valence-corrected chi connectivity index (χ0v) is 15.5. The number of halogens is 1. The summed E-state index contributed by atoms with van der Waals surface area (Å²) in [4.78, 5) is 11.0. The molecule has 3 rings (SSSR count). The van der Waals surface area contributed by atoms with Gasteiger partial charge in [-0.05, 0) is 52.8 Å². The van der Waals surface area contributed by atoms with Crippen molar-refractivity contribution < 1.29 is 0 Å². The van der Waals surface area contributed by atoms with E-state index >= 15 is 0 Å². The molecule has 3 aromatic rings. The van der Waals surface area contributed by atoms with E-state index in [0.717, 1.165) is 40.8 Å². The van der Waals surface area contributed by atoms with E-state index in [1.165, 1.54) is 11.1 Å². The Morgan fingerprint density at radius 2 is 1.88 bits per heavy atom. The molecule has 0 atom stereocenters. The number of hydrogen-bond donors (Lipinski definition) is 1. The first kappa shape index (κ1) is 16.9. The van der Waals surface area contributed by atoms with Crippen molar-refractivity contribution in [3.63, 3.8) is 0 Å². The fraction of sp³-hybridized carbons (Fsp3) is 0.263. The number of nitrogens with zero attached hydrogens (tertiary/aromatic N) is 3. The van der Waals surface area contributed by atoms with E-state index in [0.29, 0.717) is 0 Å². The second-order valence-electron chi connectivity index (χ2n) is 5.86. The Labute approximate surface area is 151 Å². The smallest absolute Gasteiger partial charge is 0.137 e. The minimum Gasteiger partial charge on any atom is -0.365 e. The van der Waals surface area contributed by atoms with Crippen LogP contribution in [0.2, 0.25) is 0 Å². The highest BCUT2D eigenvalue weighted by Gasteiger charge is 2.06. The first-order chi connectivity index (χ1) is 11.7. The van der Waals surface area contributed by atoms with Gasteiger partial charge in [-0.2, -0.15) is 0 Å². The van der Waals surface area contributed by atoms with Crippen LogP contribution in [0.5, 0.6) is 0 Å². The van der Waals surface area contributed by atoms with Crippen LogP contribution >= 0.6 is 15.9 Å². The quantitative estimate of drug-likeness (QED) is 0.681. The molecular weight excluding hydrogens is 364 g/mol. The molecule has 1 heterocycles. The Balaban J connectivity index is 1.77. The highest BCUT2D eigenvalue weighted by molar-refractivity contribution is 9.10. The third kappa shape index (κ3) is 3.91. The van der Waals surface area contributed by atoms with Crippen molar-refractivity contribution in [2.75, 3.05) is 18.9 Å². The predicted molar refractivity (Wildman–Crippen MR) is 103 cm³/mol. The van der Waals surface area contributed by atoms with E-state index in [4.69, 9.17) is 0 Å². The normalized spacial score (nSPS) is 11.2. The maximum atomic E-state index is 4.40. The third-order valence-corrected chi connectivity index (χ3v) is 4.70. The Kier molecular flexibility index (Phi) is 5.43. The molecule has 0 saturated heterocycles. The summed E-state index contributed by atoms with van der Waals surface area (Å²) in [6.45, 7) is 4.92. The summed E-state index contributed by atoms with van der Waals surface area (Å²) in [5.74, 6) is 0.859. The molecule has 0 unspecified atom stereocenters. The number of nitrogens with one attached hydrogen (secondary N) is 1. The Hall–Kier alpha value is -1.98. The molecule has 4 nitrogen and oxygen atoms in total. The molecule has 0 amide bonds. The van der Waals surface area contributed by atoms with Gasteiger partial charge in [0.15, 0.2) is 0 Å². The van der Waals surface area contributed by atoms with E-state index in [9.17, 15) is 0 Å². The van der Waals surface area contributed by atoms with Gasteiger partial charge in [0, 0.05) is 22.9 Å². The molecule has 2 aromatic carbocycles. The van der Waals surface area contributed by atoms with Crippen LogP contribution in [0.3, 0.4) is 0 Å². The number of para-hydroxylation sites is 1. The van der Waals surface area contributed by atoms with E-state index < -0.39 is 0 Å². The second kappa shape index (κ2) is 7.73. The van der Waals surface area contributed by atoms with Crippen molar-refractivity contribution in [1.29, 1.82) is 0 Å². The van der Waals surface area contributed by atoms with Gasteiger partial charge in [-0.1, -0.05) is 37.3 Å². The Bertz CT molecular complexity index is 834. The van der Waals surface area contributed by atoms with Crippen LogP contribution in [0.15, 0.2) is 53.3 Å². The molecule has 5 heteroatoms. The van der Waals surface area contributed by atoms with Crippen molar-refractivity contribution in [3.8, 4) is 0 Å². The van der Waals surface area contributed by atoms with Crippen LogP contribution in [-0.4, -0.2) is 28.5 Å². The summed E-state index contributed by atoms with van der Waals surface area (Å²) in [5, 5.41) is 4.46. The second-order valence-corrected chi connectivity index (χ2v) is 6.72. The Morgan fingerprint density at radius 3 is 2.71 bits per heavy atom. The molecular formula is C19H21BrN4. The van der Waals surface area contributed by atoms with Gasteiger partial charge >= 0.3 is 0 Å². The molecule has 0 spiro atoms. The molecule has 0 bridgehead atoms. The predicted octanol–water partition coefficient (Wildman–Crippen LogP) is 4.46. The molecule has 0 fully saturated rings. The van der Waals surface area contributed by atoms with Crippen molar-refractivity contribution in [3.05, 3.63) is 64.4 Å². The van der Waals surface area contributed by atoms with Gasteiger partial charge < -0.3 is 10.2 Å². The molecule has 0 aliphatic heterocycles. The summed E-state index contributed by atoms with van der Waals surface area (Å²) in [5.41, 5.74) is 3.50. The zero-order valence-electron chi connectivity index (χ0n) is 14.0. The number of benzene rings is 2. The minimum atomic E-state index is 0.738. The topological polar surface area (TPSA) is 41.0 Å². The maximum absolute atomic E-state index is 4.40. The van der Waals surface area contributed by atoms with Gasteiger partial charge in [0.25, 0.3) is 0 Å². The average Bonchev–Trinajstić information content (AvgIpc) is 2.60. The lowest BCUT2D eigenvalue weighted by Crippen LogP contribution is -2.16. The number of aromatic nitrogens is 2. The summed E-state index contributed by atoms with van der Waals surface area (Å²) in [6.07, 6.45) is 1.60. The van der Waals surface area contributed by atoms with E-state index in [1.807, 2.05) is 18.2 Å². The van der Waals surface area contributed by atoms with Crippen molar-refractivity contribution in [2.45, 2.75) is 20.0 Å². The largest absolute Gasteiger partial charge is 0.365 e. The minimum absolute atomic E-state index is 0.738. The standard InChI is InChI=1S/C19H21BrN4/c1-3-24(2)12-15-7-4-6-14(10-15)11-21-19-16-8-5-9-17(20)18(16)22-13-23-19/h4-10,13H,3,11-12H2,1-2H3,(H,21,22,23). The van der Waals surface area contributed by atoms with Crippen LogP contribution in [0.25, 0.3) is 10.9 Å². The molecule has 24 heavy (non-hydrogen) atoms. The molecule has 1 N–H and O–H groups in total. The zero-order chi connectivity index (χ0) is 16.9. The highest BCUT2D eigenvalue weighted by Crippen LogP contribution is 2.26. The SMILES string of the molecule is CCN(C)Cc1cccc(CNc2ncnc3c(Br)cccc23)c1. The molecule has 0 saturated carbocycles. The monoisotopic (exact) mass is 384 g/mol. The fourth-order valence-electron chi connectivity index (χ4n) is 2.64. The van der Waals surface area contributed by atoms with Crippen LogP contribution in [-0.2, 0) is 13.1 Å². The Morgan fingerprint density at radius 1 is 1.08 bits per heavy atom. The number of hydrogen-bond acceptors (Lipinski definition) is 4. The maximum Gasteiger partial charge on any atom is 0.137 e. The summed E-state index contributed by atoms with van der Waals surface area (Å²) < 4.78 is 0.982. The number of rotatable bonds is 6. The molecule has 0 aliphatic carbocycles. The van der Waals surface area contributed by atoms with Crippen LogP contribution < -0.4 is 5.32 Å². The molecule has 0 radical (unpaired) electrons. The van der Waals surface area contributed by atoms with Crippen molar-refractivity contribution >= 4 is 32.7 Å². The number of anilines is 1. The fourth-order valence-corrected chi connectivity index (χ4v) is 3.11. The first-order valence-corrected chi connectivity index (χ1v) is 8.86. The molecule has 0 aliphatic rings. The molecule has 1 aromatic heterocycles. The summed E-state index contributed by atoms with van der Waals surface area (Å²) in [7, 11) is 2.13. The van der Waals surface area contributed by atoms with Gasteiger partial charge in [-0.15, -0.1) is 0 Å². The van der Waals surface area contributed by atoms with E-state index in [-0.39, 0.29) is 0 Å². The lowest BCUT2D eigenvalue weighted by atomic mass is 10.1. The number of fused-ring (bicyclic) bond motifs is 1. The van der Waals surface area contributed by atoms with Crippen LogP contribution in [0.1, 0.15) is 18.1 Å². The summed E-state index contributed by atoms with van der Waals surface area (Å²) >= 11 is 3.54. The van der Waals surface area contributed by atoms with Crippen LogP contribution in [0.4, 0.5) is 5.82 Å². The summed E-state index contributed by atoms with van der Waals surface area (Å²) in [6, 6.07) is 14.7. The lowest BCUT2D eigenvalue weighted by Gasteiger charge is -2.15. The van der Waals surface area contributed by atoms with Crippen molar-refractivity contribution in [2.24, 2.45) is 0 Å². The van der Waals surface area contributed by atoms with E-state index in [2.05, 4.69) is 74.4 Å². The average molecular weight is 385 g/mol. The molecule has 124 valence electrons. The first-order valence-electron chi connectivity index (χ1n) is 8.07. The van der Waals surface area contributed by atoms with E-state index in [1.54, 1.807) is 6.33 Å². The van der Waals surface area contributed by atoms with Gasteiger partial charge in [0.2, 0.25) is 0 Å². The van der Waals surface area contributed by atoms with Crippen LogP contribution in [0, 0.1) is 0 Å².